The average molecular weight is 462 g/mol. The van der Waals surface area contributed by atoms with Crippen molar-refractivity contribution < 1.29 is 9.53 Å². The van der Waals surface area contributed by atoms with Crippen LogP contribution in [0.3, 0.4) is 0 Å². The van der Waals surface area contributed by atoms with E-state index in [0.717, 1.165) is 37.9 Å². The average Bonchev–Trinajstić information content (AvgIpc) is 3.23. The molecule has 3 aliphatic heterocycles. The lowest BCUT2D eigenvalue weighted by Crippen LogP contribution is -2.60. The summed E-state index contributed by atoms with van der Waals surface area (Å²) in [6.07, 6.45) is 14.0. The molecule has 0 radical (unpaired) electrons. The number of para-hydroxylation sites is 1. The van der Waals surface area contributed by atoms with Gasteiger partial charge in [-0.25, -0.2) is 0 Å². The zero-order chi connectivity index (χ0) is 23.1. The molecule has 3 fully saturated rings. The first-order chi connectivity index (χ1) is 16.7. The van der Waals surface area contributed by atoms with E-state index >= 15 is 0 Å². The molecule has 182 valence electrons. The fourth-order valence-corrected chi connectivity index (χ4v) is 7.54. The van der Waals surface area contributed by atoms with E-state index in [0.29, 0.717) is 30.9 Å². The van der Waals surface area contributed by atoms with E-state index < -0.39 is 0 Å². The number of carbonyl (C=O) groups is 1. The Morgan fingerprint density at radius 2 is 2.06 bits per heavy atom. The summed E-state index contributed by atoms with van der Waals surface area (Å²) in [7, 11) is 1.75. The number of rotatable bonds is 6. The summed E-state index contributed by atoms with van der Waals surface area (Å²) in [6.45, 7) is 4.92. The summed E-state index contributed by atoms with van der Waals surface area (Å²) < 4.78 is 7.58. The van der Waals surface area contributed by atoms with E-state index in [-0.39, 0.29) is 0 Å². The van der Waals surface area contributed by atoms with Crippen LogP contribution in [-0.2, 0) is 22.5 Å². The highest BCUT2D eigenvalue weighted by atomic mass is 16.5. The molecule has 34 heavy (non-hydrogen) atoms. The summed E-state index contributed by atoms with van der Waals surface area (Å²) in [5, 5.41) is 1.27. The number of methoxy groups -OCH3 is 1. The minimum atomic E-state index is 0.350. The number of nitrogens with zero attached hydrogens (tertiary/aromatic N) is 3. The molecule has 2 aromatic rings. The van der Waals surface area contributed by atoms with E-state index in [1.807, 2.05) is 0 Å². The van der Waals surface area contributed by atoms with Crippen LogP contribution in [0.4, 0.5) is 0 Å². The first kappa shape index (κ1) is 22.4. The van der Waals surface area contributed by atoms with Gasteiger partial charge in [-0.2, -0.15) is 0 Å². The summed E-state index contributed by atoms with van der Waals surface area (Å²) in [6, 6.07) is 9.68. The Hall–Kier alpha value is -2.11. The van der Waals surface area contributed by atoms with E-state index in [2.05, 4.69) is 50.9 Å². The summed E-state index contributed by atoms with van der Waals surface area (Å²) in [4.78, 5) is 18.7. The highest BCUT2D eigenvalue weighted by Gasteiger charge is 2.46. The van der Waals surface area contributed by atoms with Crippen molar-refractivity contribution in [1.82, 2.24) is 14.4 Å². The molecule has 4 atom stereocenters. The zero-order valence-corrected chi connectivity index (χ0v) is 20.6. The standard InChI is InChI=1S/C29H39N3O2/c1-34-16-15-31-19-22(25-8-2-3-10-27(25)31)11-12-28(33)32-14-6-7-21-17-23-18-24(29(21)32)20-30-13-5-4-9-26(23)30/h2-3,8,10,17,19,23-24,26,29H,4-7,9,11-16,18,20H2,1H3/t23-,24-,26+,29+/m0/s1. The normalized spacial score (nSPS) is 29.0. The van der Waals surface area contributed by atoms with Crippen LogP contribution in [0.5, 0.6) is 0 Å². The van der Waals surface area contributed by atoms with Crippen LogP contribution in [0, 0.1) is 11.8 Å². The number of aromatic nitrogens is 1. The monoisotopic (exact) mass is 461 g/mol. The van der Waals surface area contributed by atoms with Crippen LogP contribution in [0.25, 0.3) is 10.9 Å². The minimum Gasteiger partial charge on any atom is -0.383 e. The summed E-state index contributed by atoms with van der Waals surface area (Å²) in [5.41, 5.74) is 4.11. The van der Waals surface area contributed by atoms with Crippen molar-refractivity contribution in [3.8, 4) is 0 Å². The van der Waals surface area contributed by atoms with Gasteiger partial charge in [0, 0.05) is 56.3 Å². The fraction of sp³-hybridized carbons (Fsp3) is 0.621. The third-order valence-electron chi connectivity index (χ3n) is 8.99. The second-order valence-electron chi connectivity index (χ2n) is 11.0. The van der Waals surface area contributed by atoms with Gasteiger partial charge in [0.1, 0.15) is 0 Å². The van der Waals surface area contributed by atoms with Crippen molar-refractivity contribution in [2.24, 2.45) is 11.8 Å². The number of hydrogen-bond acceptors (Lipinski definition) is 3. The largest absolute Gasteiger partial charge is 0.383 e. The molecule has 1 aliphatic carbocycles. The van der Waals surface area contributed by atoms with Crippen molar-refractivity contribution in [2.75, 3.05) is 33.4 Å². The van der Waals surface area contributed by atoms with Crippen LogP contribution in [-0.4, -0.2) is 65.7 Å². The van der Waals surface area contributed by atoms with Crippen LogP contribution in [0.1, 0.15) is 50.5 Å². The molecule has 1 amide bonds. The van der Waals surface area contributed by atoms with Crippen molar-refractivity contribution in [3.05, 3.63) is 47.7 Å². The first-order valence-corrected chi connectivity index (χ1v) is 13.5. The molecule has 0 spiro atoms. The Labute approximate surface area is 203 Å². The lowest BCUT2D eigenvalue weighted by molar-refractivity contribution is -0.136. The van der Waals surface area contributed by atoms with Crippen molar-refractivity contribution in [3.63, 3.8) is 0 Å². The molecule has 6 rings (SSSR count). The van der Waals surface area contributed by atoms with Gasteiger partial charge in [-0.15, -0.1) is 0 Å². The molecule has 1 aromatic carbocycles. The molecule has 0 unspecified atom stereocenters. The lowest BCUT2D eigenvalue weighted by atomic mass is 9.68. The van der Waals surface area contributed by atoms with Gasteiger partial charge >= 0.3 is 0 Å². The number of amides is 1. The highest BCUT2D eigenvalue weighted by molar-refractivity contribution is 5.85. The van der Waals surface area contributed by atoms with Gasteiger partial charge < -0.3 is 14.2 Å². The summed E-state index contributed by atoms with van der Waals surface area (Å²) >= 11 is 0. The third kappa shape index (κ3) is 4.01. The van der Waals surface area contributed by atoms with Gasteiger partial charge in [0.25, 0.3) is 0 Å². The quantitative estimate of drug-likeness (QED) is 0.588. The first-order valence-electron chi connectivity index (χ1n) is 13.5. The Bertz CT molecular complexity index is 1070. The van der Waals surface area contributed by atoms with E-state index in [9.17, 15) is 4.79 Å². The van der Waals surface area contributed by atoms with E-state index in [1.54, 1.807) is 12.7 Å². The number of aryl methyl sites for hydroxylation is 1. The Balaban J connectivity index is 1.19. The number of piperidine rings is 3. The van der Waals surface area contributed by atoms with E-state index in [4.69, 9.17) is 4.74 Å². The minimum absolute atomic E-state index is 0.350. The van der Waals surface area contributed by atoms with Crippen molar-refractivity contribution in [2.45, 2.75) is 70.0 Å². The molecular formula is C29H39N3O2. The maximum absolute atomic E-state index is 13.6. The Morgan fingerprint density at radius 1 is 1.15 bits per heavy atom. The highest BCUT2D eigenvalue weighted by Crippen LogP contribution is 2.45. The molecule has 5 heteroatoms. The van der Waals surface area contributed by atoms with Crippen molar-refractivity contribution >= 4 is 16.8 Å². The number of ether oxygens (including phenoxy) is 1. The topological polar surface area (TPSA) is 37.7 Å². The maximum Gasteiger partial charge on any atom is 0.223 e. The fourth-order valence-electron chi connectivity index (χ4n) is 7.54. The zero-order valence-electron chi connectivity index (χ0n) is 20.6. The number of hydrogen-bond donors (Lipinski definition) is 0. The van der Waals surface area contributed by atoms with Crippen LogP contribution in [0.2, 0.25) is 0 Å². The lowest BCUT2D eigenvalue weighted by Gasteiger charge is -2.54. The number of likely N-dealkylation sites (tertiary alicyclic amines) is 1. The second kappa shape index (κ2) is 9.50. The smallest absolute Gasteiger partial charge is 0.223 e. The predicted molar refractivity (Wildman–Crippen MR) is 136 cm³/mol. The molecule has 4 heterocycles. The van der Waals surface area contributed by atoms with Gasteiger partial charge in [-0.1, -0.05) is 36.3 Å². The molecule has 3 saturated heterocycles. The van der Waals surface area contributed by atoms with E-state index in [1.165, 1.54) is 61.7 Å². The molecule has 1 aromatic heterocycles. The van der Waals surface area contributed by atoms with Crippen LogP contribution in [0.15, 0.2) is 42.1 Å². The third-order valence-corrected chi connectivity index (χ3v) is 8.99. The molecule has 2 bridgehead atoms. The Morgan fingerprint density at radius 3 is 2.97 bits per heavy atom. The number of carbonyl (C=O) groups excluding carboxylic acids is 1. The van der Waals surface area contributed by atoms with Crippen LogP contribution >= 0.6 is 0 Å². The number of fused-ring (bicyclic) bond motifs is 7. The van der Waals surface area contributed by atoms with Crippen LogP contribution < -0.4 is 0 Å². The van der Waals surface area contributed by atoms with Gasteiger partial charge in [-0.05, 0) is 68.5 Å². The molecule has 5 nitrogen and oxygen atoms in total. The van der Waals surface area contributed by atoms with Gasteiger partial charge in [0.2, 0.25) is 5.91 Å². The summed E-state index contributed by atoms with van der Waals surface area (Å²) in [5.74, 6) is 1.70. The molecular weight excluding hydrogens is 422 g/mol. The molecule has 0 saturated carbocycles. The SMILES string of the molecule is COCCn1cc(CCC(=O)N2CCCC3=C[C@H]4C[C@@H](CN5CCCC[C@H]45)[C@@H]32)c2ccccc21. The van der Waals surface area contributed by atoms with Crippen molar-refractivity contribution in [1.29, 1.82) is 0 Å². The Kier molecular flexibility index (Phi) is 6.25. The van der Waals surface area contributed by atoms with Gasteiger partial charge in [0.15, 0.2) is 0 Å². The number of benzene rings is 1. The molecule has 0 N–H and O–H groups in total. The maximum atomic E-state index is 13.6. The molecule has 4 aliphatic rings. The van der Waals surface area contributed by atoms with Gasteiger partial charge in [-0.3, -0.25) is 9.69 Å². The predicted octanol–water partition coefficient (Wildman–Crippen LogP) is 4.64. The van der Waals surface area contributed by atoms with Gasteiger partial charge in [0.05, 0.1) is 12.6 Å². The second-order valence-corrected chi connectivity index (χ2v) is 11.0.